The number of rotatable bonds is 8. The minimum atomic E-state index is 0.712. The van der Waals surface area contributed by atoms with Gasteiger partial charge in [0.2, 0.25) is 0 Å². The monoisotopic (exact) mass is 186 g/mol. The van der Waals surface area contributed by atoms with Gasteiger partial charge in [0.1, 0.15) is 0 Å². The molecule has 0 aliphatic carbocycles. The molecule has 0 amide bonds. The Morgan fingerprint density at radius 1 is 1.23 bits per heavy atom. The fraction of sp³-hybridized carbons (Fsp3) is 1.00. The van der Waals surface area contributed by atoms with Gasteiger partial charge in [-0.3, -0.25) is 0 Å². The molecule has 0 aromatic carbocycles. The quantitative estimate of drug-likeness (QED) is 0.569. The lowest BCUT2D eigenvalue weighted by Crippen LogP contribution is -2.25. The third kappa shape index (κ3) is 7.03. The zero-order valence-electron chi connectivity index (χ0n) is 9.47. The molecule has 0 aliphatic heterocycles. The van der Waals surface area contributed by atoms with E-state index in [1.807, 2.05) is 0 Å². The maximum Gasteiger partial charge on any atom is -0.00233 e. The molecular formula is C11H26N2. The zero-order valence-corrected chi connectivity index (χ0v) is 9.47. The molecule has 0 fully saturated rings. The highest BCUT2D eigenvalue weighted by Gasteiger charge is 2.03. The molecule has 0 spiro atoms. The smallest absolute Gasteiger partial charge is 0.00233 e. The Morgan fingerprint density at radius 2 is 1.92 bits per heavy atom. The van der Waals surface area contributed by atoms with Crippen LogP contribution in [0.15, 0.2) is 0 Å². The van der Waals surface area contributed by atoms with E-state index >= 15 is 0 Å². The predicted octanol–water partition coefficient (Wildman–Crippen LogP) is 2.00. The Hall–Kier alpha value is -0.0800. The summed E-state index contributed by atoms with van der Waals surface area (Å²) in [5.41, 5.74) is 5.62. The minimum absolute atomic E-state index is 0.712. The van der Waals surface area contributed by atoms with Gasteiger partial charge in [-0.2, -0.15) is 0 Å². The third-order valence-electron chi connectivity index (χ3n) is 2.83. The number of hydrogen-bond acceptors (Lipinski definition) is 2. The van der Waals surface area contributed by atoms with Crippen LogP contribution in [0, 0.1) is 11.8 Å². The molecule has 3 N–H and O–H groups in total. The van der Waals surface area contributed by atoms with Crippen molar-refractivity contribution in [2.24, 2.45) is 17.6 Å². The molecule has 0 saturated heterocycles. The van der Waals surface area contributed by atoms with Crippen molar-refractivity contribution in [3.63, 3.8) is 0 Å². The van der Waals surface area contributed by atoms with Crippen molar-refractivity contribution in [1.82, 2.24) is 5.32 Å². The Morgan fingerprint density at radius 3 is 2.38 bits per heavy atom. The van der Waals surface area contributed by atoms with Crippen LogP contribution in [-0.2, 0) is 0 Å². The summed E-state index contributed by atoms with van der Waals surface area (Å²) in [6.07, 6.45) is 3.70. The first kappa shape index (κ1) is 12.9. The molecule has 0 radical (unpaired) electrons. The van der Waals surface area contributed by atoms with Crippen molar-refractivity contribution >= 4 is 0 Å². The summed E-state index contributed by atoms with van der Waals surface area (Å²) in [6, 6.07) is 0. The summed E-state index contributed by atoms with van der Waals surface area (Å²) in [6.45, 7) is 9.85. The molecule has 0 rings (SSSR count). The highest BCUT2D eigenvalue weighted by atomic mass is 14.9. The van der Waals surface area contributed by atoms with Gasteiger partial charge < -0.3 is 11.1 Å². The molecule has 2 atom stereocenters. The minimum Gasteiger partial charge on any atom is -0.330 e. The lowest BCUT2D eigenvalue weighted by atomic mass is 10.0. The number of nitrogens with one attached hydrogen (secondary N) is 1. The van der Waals surface area contributed by atoms with Crippen LogP contribution in [0.5, 0.6) is 0 Å². The van der Waals surface area contributed by atoms with Crippen LogP contribution < -0.4 is 11.1 Å². The summed E-state index contributed by atoms with van der Waals surface area (Å²) in [7, 11) is 0. The third-order valence-corrected chi connectivity index (χ3v) is 2.83. The van der Waals surface area contributed by atoms with Crippen molar-refractivity contribution < 1.29 is 0 Å². The van der Waals surface area contributed by atoms with E-state index in [-0.39, 0.29) is 0 Å². The standard InChI is InChI=1S/C11H26N2/c1-4-10(3)9-13-7-6-11(5-2)8-12/h10-11,13H,4-9,12H2,1-3H3. The SMILES string of the molecule is CCC(C)CNCCC(CC)CN. The second-order valence-corrected chi connectivity index (χ2v) is 4.02. The van der Waals surface area contributed by atoms with E-state index in [4.69, 9.17) is 5.73 Å². The van der Waals surface area contributed by atoms with E-state index in [1.165, 1.54) is 19.3 Å². The topological polar surface area (TPSA) is 38.0 Å². The molecule has 13 heavy (non-hydrogen) atoms. The van der Waals surface area contributed by atoms with Gasteiger partial charge in [-0.05, 0) is 37.9 Å². The highest BCUT2D eigenvalue weighted by molar-refractivity contribution is 4.61. The van der Waals surface area contributed by atoms with Crippen LogP contribution in [0.3, 0.4) is 0 Å². The van der Waals surface area contributed by atoms with E-state index in [0.717, 1.165) is 25.6 Å². The van der Waals surface area contributed by atoms with E-state index in [9.17, 15) is 0 Å². The summed E-state index contributed by atoms with van der Waals surface area (Å²) in [4.78, 5) is 0. The van der Waals surface area contributed by atoms with Crippen LogP contribution in [0.1, 0.15) is 40.0 Å². The van der Waals surface area contributed by atoms with E-state index in [2.05, 4.69) is 26.1 Å². The molecule has 0 saturated carbocycles. The molecule has 0 heterocycles. The van der Waals surface area contributed by atoms with Crippen LogP contribution in [-0.4, -0.2) is 19.6 Å². The largest absolute Gasteiger partial charge is 0.330 e. The van der Waals surface area contributed by atoms with Gasteiger partial charge in [-0.1, -0.05) is 33.6 Å². The first-order chi connectivity index (χ1) is 6.24. The summed E-state index contributed by atoms with van der Waals surface area (Å²) in [5, 5.41) is 3.48. The average molecular weight is 186 g/mol. The van der Waals surface area contributed by atoms with Crippen molar-refractivity contribution in [3.8, 4) is 0 Å². The lowest BCUT2D eigenvalue weighted by molar-refractivity contribution is 0.434. The van der Waals surface area contributed by atoms with E-state index < -0.39 is 0 Å². The molecule has 80 valence electrons. The molecule has 2 heteroatoms. The number of nitrogens with two attached hydrogens (primary N) is 1. The van der Waals surface area contributed by atoms with Crippen molar-refractivity contribution in [3.05, 3.63) is 0 Å². The van der Waals surface area contributed by atoms with Crippen molar-refractivity contribution in [1.29, 1.82) is 0 Å². The molecule has 0 aliphatic rings. The Labute approximate surface area is 83.3 Å². The van der Waals surface area contributed by atoms with Crippen LogP contribution in [0.2, 0.25) is 0 Å². The first-order valence-electron chi connectivity index (χ1n) is 5.65. The zero-order chi connectivity index (χ0) is 10.1. The fourth-order valence-electron chi connectivity index (χ4n) is 1.29. The van der Waals surface area contributed by atoms with Crippen molar-refractivity contribution in [2.45, 2.75) is 40.0 Å². The van der Waals surface area contributed by atoms with Gasteiger partial charge in [-0.15, -0.1) is 0 Å². The summed E-state index contributed by atoms with van der Waals surface area (Å²) >= 11 is 0. The number of hydrogen-bond donors (Lipinski definition) is 2. The second-order valence-electron chi connectivity index (χ2n) is 4.02. The Balaban J connectivity index is 3.23. The summed E-state index contributed by atoms with van der Waals surface area (Å²) < 4.78 is 0. The van der Waals surface area contributed by atoms with Gasteiger partial charge in [0.05, 0.1) is 0 Å². The summed E-state index contributed by atoms with van der Waals surface area (Å²) in [5.74, 6) is 1.52. The van der Waals surface area contributed by atoms with Gasteiger partial charge in [0.15, 0.2) is 0 Å². The van der Waals surface area contributed by atoms with Crippen LogP contribution in [0.25, 0.3) is 0 Å². The van der Waals surface area contributed by atoms with E-state index in [1.54, 1.807) is 0 Å². The van der Waals surface area contributed by atoms with Gasteiger partial charge in [0, 0.05) is 0 Å². The predicted molar refractivity (Wildman–Crippen MR) is 59.8 cm³/mol. The fourth-order valence-corrected chi connectivity index (χ4v) is 1.29. The molecule has 0 bridgehead atoms. The maximum absolute atomic E-state index is 5.62. The highest BCUT2D eigenvalue weighted by Crippen LogP contribution is 2.04. The van der Waals surface area contributed by atoms with Crippen LogP contribution in [0.4, 0.5) is 0 Å². The molecular weight excluding hydrogens is 160 g/mol. The average Bonchev–Trinajstić information content (AvgIpc) is 2.18. The lowest BCUT2D eigenvalue weighted by Gasteiger charge is -2.14. The van der Waals surface area contributed by atoms with E-state index in [0.29, 0.717) is 5.92 Å². The normalized spacial score (nSPS) is 15.7. The Bertz CT molecular complexity index is 100. The van der Waals surface area contributed by atoms with Crippen molar-refractivity contribution in [2.75, 3.05) is 19.6 Å². The molecule has 2 nitrogen and oxygen atoms in total. The molecule has 0 aromatic heterocycles. The maximum atomic E-state index is 5.62. The van der Waals surface area contributed by atoms with Crippen LogP contribution >= 0.6 is 0 Å². The molecule has 0 aromatic rings. The van der Waals surface area contributed by atoms with Gasteiger partial charge in [-0.25, -0.2) is 0 Å². The van der Waals surface area contributed by atoms with Gasteiger partial charge >= 0.3 is 0 Å². The Kier molecular flexibility index (Phi) is 8.46. The first-order valence-corrected chi connectivity index (χ1v) is 5.65. The molecule has 2 unspecified atom stereocenters. The second kappa shape index (κ2) is 8.52. The van der Waals surface area contributed by atoms with Gasteiger partial charge in [0.25, 0.3) is 0 Å².